The van der Waals surface area contributed by atoms with Crippen LogP contribution in [0.2, 0.25) is 0 Å². The first-order valence-corrected chi connectivity index (χ1v) is 12.9. The molecule has 2 N–H and O–H groups in total. The van der Waals surface area contributed by atoms with Crippen molar-refractivity contribution in [1.29, 1.82) is 5.41 Å². The van der Waals surface area contributed by atoms with E-state index in [9.17, 15) is 0 Å². The number of halogens is 1. The Morgan fingerprint density at radius 1 is 1.22 bits per heavy atom. The lowest BCUT2D eigenvalue weighted by atomic mass is 10.1. The number of fused-ring (bicyclic) bond motifs is 1. The molecule has 3 heterocycles. The molecular weight excluding hydrogens is 546 g/mol. The Bertz CT molecular complexity index is 1490. The van der Waals surface area contributed by atoms with Crippen molar-refractivity contribution < 1.29 is 18.9 Å². The van der Waals surface area contributed by atoms with Gasteiger partial charge in [0.15, 0.2) is 27.8 Å². The molecule has 11 heteroatoms. The van der Waals surface area contributed by atoms with E-state index < -0.39 is 6.29 Å². The lowest BCUT2D eigenvalue weighted by Gasteiger charge is -2.12. The molecular formula is C25H24BrN5O4S. The molecule has 0 bridgehead atoms. The van der Waals surface area contributed by atoms with Crippen molar-refractivity contribution in [2.75, 3.05) is 13.7 Å². The highest BCUT2D eigenvalue weighted by atomic mass is 79.9. The van der Waals surface area contributed by atoms with Crippen molar-refractivity contribution in [2.45, 2.75) is 31.3 Å². The van der Waals surface area contributed by atoms with Gasteiger partial charge >= 0.3 is 0 Å². The molecule has 36 heavy (non-hydrogen) atoms. The summed E-state index contributed by atoms with van der Waals surface area (Å²) in [7, 11) is 1.63. The monoisotopic (exact) mass is 569 g/mol. The highest BCUT2D eigenvalue weighted by molar-refractivity contribution is 9.10. The summed E-state index contributed by atoms with van der Waals surface area (Å²) in [6.07, 6.45) is 3.42. The highest BCUT2D eigenvalue weighted by Gasteiger charge is 2.25. The normalized spacial score (nSPS) is 14.9. The summed E-state index contributed by atoms with van der Waals surface area (Å²) in [6.45, 7) is 3.13. The molecule has 0 saturated carbocycles. The topological polar surface area (TPSA) is 107 Å². The number of aryl methyl sites for hydroxylation is 2. The summed E-state index contributed by atoms with van der Waals surface area (Å²) in [6, 6.07) is 13.7. The number of aromatic nitrogens is 4. The minimum absolute atomic E-state index is 0.132. The van der Waals surface area contributed by atoms with E-state index in [-0.39, 0.29) is 5.49 Å². The van der Waals surface area contributed by atoms with E-state index in [1.165, 1.54) is 11.8 Å². The maximum Gasteiger partial charge on any atom is 0.268 e. The van der Waals surface area contributed by atoms with Crippen LogP contribution in [0.4, 0.5) is 0 Å². The number of H-pyrrole nitrogens is 1. The van der Waals surface area contributed by atoms with Crippen LogP contribution in [0.1, 0.15) is 24.3 Å². The van der Waals surface area contributed by atoms with Crippen LogP contribution in [0, 0.1) is 5.41 Å². The Balaban J connectivity index is 1.31. The summed E-state index contributed by atoms with van der Waals surface area (Å²) in [5, 5.41) is 9.39. The Morgan fingerprint density at radius 2 is 2.08 bits per heavy atom. The lowest BCUT2D eigenvalue weighted by molar-refractivity contribution is -0.0278. The number of nitrogens with zero attached hydrogens (tertiary/aromatic N) is 3. The number of ether oxygens (including phenoxy) is 4. The van der Waals surface area contributed by atoms with Gasteiger partial charge in [-0.25, -0.2) is 9.97 Å². The maximum absolute atomic E-state index is 8.23. The number of aromatic amines is 1. The van der Waals surface area contributed by atoms with Crippen molar-refractivity contribution >= 4 is 38.9 Å². The zero-order valence-corrected chi connectivity index (χ0v) is 22.1. The smallest absolute Gasteiger partial charge is 0.268 e. The largest absolute Gasteiger partial charge is 0.493 e. The van der Waals surface area contributed by atoms with Crippen LogP contribution in [0.3, 0.4) is 0 Å². The molecule has 1 aliphatic rings. The van der Waals surface area contributed by atoms with E-state index in [1.54, 1.807) is 19.7 Å². The van der Waals surface area contributed by atoms with Crippen LogP contribution in [0.25, 0.3) is 11.2 Å². The van der Waals surface area contributed by atoms with Gasteiger partial charge in [0, 0.05) is 16.6 Å². The van der Waals surface area contributed by atoms with Crippen LogP contribution in [-0.4, -0.2) is 33.2 Å². The molecule has 186 valence electrons. The van der Waals surface area contributed by atoms with Crippen molar-refractivity contribution in [3.8, 4) is 11.5 Å². The predicted octanol–water partition coefficient (Wildman–Crippen LogP) is 5.29. The van der Waals surface area contributed by atoms with Crippen molar-refractivity contribution in [3.63, 3.8) is 0 Å². The molecule has 0 amide bonds. The number of hydrogen-bond acceptors (Lipinski definition) is 8. The number of imidazole rings is 1. The summed E-state index contributed by atoms with van der Waals surface area (Å²) >= 11 is 4.83. The average molecular weight is 570 g/mol. The number of nitrogens with one attached hydrogen (secondary N) is 2. The summed E-state index contributed by atoms with van der Waals surface area (Å²) in [5.41, 5.74) is 3.34. The average Bonchev–Trinajstić information content (AvgIpc) is 3.52. The van der Waals surface area contributed by atoms with Gasteiger partial charge in [-0.1, -0.05) is 40.2 Å². The number of thioether (sulfide) groups is 1. The third-order valence-electron chi connectivity index (χ3n) is 5.53. The molecule has 9 nitrogen and oxygen atoms in total. The highest BCUT2D eigenvalue weighted by Crippen LogP contribution is 2.39. The first kappa shape index (κ1) is 24.3. The van der Waals surface area contributed by atoms with Crippen molar-refractivity contribution in [1.82, 2.24) is 19.5 Å². The second-order valence-corrected chi connectivity index (χ2v) is 9.69. The Hall–Kier alpha value is -3.44. The van der Waals surface area contributed by atoms with Gasteiger partial charge in [-0.15, -0.1) is 0 Å². The Labute approximate surface area is 220 Å². The van der Waals surface area contributed by atoms with Crippen LogP contribution in [0.5, 0.6) is 11.5 Å². The van der Waals surface area contributed by atoms with Crippen molar-refractivity contribution in [2.24, 2.45) is 0 Å². The molecule has 1 atom stereocenters. The van der Waals surface area contributed by atoms with Crippen LogP contribution >= 0.6 is 27.7 Å². The number of benzene rings is 2. The van der Waals surface area contributed by atoms with Crippen LogP contribution < -0.4 is 15.0 Å². The molecule has 0 fully saturated rings. The Morgan fingerprint density at radius 3 is 2.89 bits per heavy atom. The maximum atomic E-state index is 8.23. The lowest BCUT2D eigenvalue weighted by Crippen LogP contribution is -2.13. The van der Waals surface area contributed by atoms with Gasteiger partial charge < -0.3 is 28.5 Å². The fourth-order valence-electron chi connectivity index (χ4n) is 3.79. The van der Waals surface area contributed by atoms with E-state index in [0.29, 0.717) is 40.3 Å². The second kappa shape index (κ2) is 10.7. The summed E-state index contributed by atoms with van der Waals surface area (Å²) < 4.78 is 25.6. The zero-order chi connectivity index (χ0) is 25.1. The summed E-state index contributed by atoms with van der Waals surface area (Å²) in [4.78, 5) is 12.1. The van der Waals surface area contributed by atoms with Gasteiger partial charge in [-0.3, -0.25) is 5.41 Å². The van der Waals surface area contributed by atoms with E-state index in [2.05, 4.69) is 25.9 Å². The van der Waals surface area contributed by atoms with Gasteiger partial charge in [0.05, 0.1) is 20.0 Å². The van der Waals surface area contributed by atoms with E-state index in [4.69, 9.17) is 29.3 Å². The minimum Gasteiger partial charge on any atom is -0.493 e. The van der Waals surface area contributed by atoms with Gasteiger partial charge in [0.2, 0.25) is 5.09 Å². The molecule has 1 unspecified atom stereocenters. The standard InChI is InChI=1S/C25H24BrN5O4S/c1-3-33-19-12-15(8-9-18(19)32-2)10-11-31-14-28-22(27)21-23(31)30-25(29-21)36-20-13-34-24(35-20)16-6-4-5-7-17(16)26/h4-9,12-14,24,27H,3,10-11H2,1-2H3,(H,29,30). The molecule has 4 aromatic rings. The van der Waals surface area contributed by atoms with Crippen LogP contribution in [0.15, 0.2) is 69.8 Å². The minimum atomic E-state index is -0.531. The van der Waals surface area contributed by atoms with Crippen LogP contribution in [-0.2, 0) is 22.4 Å². The molecule has 2 aromatic heterocycles. The van der Waals surface area contributed by atoms with E-state index >= 15 is 0 Å². The molecule has 0 saturated heterocycles. The van der Waals surface area contributed by atoms with E-state index in [1.807, 2.05) is 54.0 Å². The van der Waals surface area contributed by atoms with Crippen molar-refractivity contribution in [3.05, 3.63) is 81.2 Å². The zero-order valence-electron chi connectivity index (χ0n) is 19.7. The third kappa shape index (κ3) is 5.07. The quantitative estimate of drug-likeness (QED) is 0.282. The number of hydrogen-bond donors (Lipinski definition) is 2. The fraction of sp³-hybridized carbons (Fsp3) is 0.240. The Kier molecular flexibility index (Phi) is 7.19. The second-order valence-electron chi connectivity index (χ2n) is 7.84. The van der Waals surface area contributed by atoms with E-state index in [0.717, 1.165) is 27.8 Å². The molecule has 0 aliphatic carbocycles. The number of rotatable bonds is 9. The molecule has 0 spiro atoms. The summed E-state index contributed by atoms with van der Waals surface area (Å²) in [5.74, 6) is 1.43. The third-order valence-corrected chi connectivity index (χ3v) is 7.04. The van der Waals surface area contributed by atoms with Gasteiger partial charge in [0.25, 0.3) is 6.29 Å². The molecule has 0 radical (unpaired) electrons. The van der Waals surface area contributed by atoms with Gasteiger partial charge in [-0.05, 0) is 48.9 Å². The molecule has 2 aromatic carbocycles. The predicted molar refractivity (Wildman–Crippen MR) is 139 cm³/mol. The molecule has 1 aliphatic heterocycles. The van der Waals surface area contributed by atoms with Gasteiger partial charge in [-0.2, -0.15) is 0 Å². The molecule has 5 rings (SSSR count). The number of methoxy groups -OCH3 is 1. The first-order valence-electron chi connectivity index (χ1n) is 11.3. The van der Waals surface area contributed by atoms with Gasteiger partial charge in [0.1, 0.15) is 11.8 Å². The SMILES string of the molecule is CCOc1cc(CCn2cnc(=N)c3[nH]c(SC4=COC(c5ccccc5Br)O4)nc32)ccc1OC. The fourth-order valence-corrected chi connectivity index (χ4v) is 4.98. The first-order chi connectivity index (χ1) is 17.6.